The van der Waals surface area contributed by atoms with E-state index in [1.807, 2.05) is 54.6 Å². The zero-order chi connectivity index (χ0) is 20.5. The maximum Gasteiger partial charge on any atom is 0.338 e. The van der Waals surface area contributed by atoms with Crippen molar-refractivity contribution in [2.75, 3.05) is 0 Å². The number of carbonyl (C=O) groups excluding carboxylic acids is 1. The van der Waals surface area contributed by atoms with Crippen LogP contribution in [-0.4, -0.2) is 11.9 Å². The van der Waals surface area contributed by atoms with E-state index in [2.05, 4.69) is 4.99 Å². The van der Waals surface area contributed by atoms with Crippen LogP contribution in [0.4, 0.5) is 0 Å². The molecule has 3 aromatic rings. The molecule has 0 aliphatic heterocycles. The van der Waals surface area contributed by atoms with Crippen LogP contribution in [0.2, 0.25) is 0 Å². The van der Waals surface area contributed by atoms with Gasteiger partial charge in [-0.15, -0.1) is 0 Å². The summed E-state index contributed by atoms with van der Waals surface area (Å²) in [6.45, 7) is 0.937. The molecule has 0 fully saturated rings. The van der Waals surface area contributed by atoms with Crippen LogP contribution in [0.25, 0.3) is 0 Å². The highest BCUT2D eigenvalue weighted by molar-refractivity contribution is 5.89. The molecule has 29 heavy (non-hydrogen) atoms. The Morgan fingerprint density at radius 3 is 2.21 bits per heavy atom. The van der Waals surface area contributed by atoms with Crippen LogP contribution in [0.1, 0.15) is 27.0 Å². The third kappa shape index (κ3) is 6.10. The lowest BCUT2D eigenvalue weighted by Crippen LogP contribution is -2.22. The van der Waals surface area contributed by atoms with Crippen LogP contribution < -0.4 is 16.2 Å². The van der Waals surface area contributed by atoms with Crippen LogP contribution in [-0.2, 0) is 24.5 Å². The Morgan fingerprint density at radius 2 is 1.48 bits per heavy atom. The van der Waals surface area contributed by atoms with E-state index in [1.54, 1.807) is 24.3 Å². The van der Waals surface area contributed by atoms with Crippen molar-refractivity contribution in [2.45, 2.75) is 19.8 Å². The number of para-hydroxylation sites is 1. The summed E-state index contributed by atoms with van der Waals surface area (Å²) in [7, 11) is 0. The molecule has 0 saturated carbocycles. The van der Waals surface area contributed by atoms with Crippen LogP contribution in [0.15, 0.2) is 83.9 Å². The minimum absolute atomic E-state index is 0.0293. The summed E-state index contributed by atoms with van der Waals surface area (Å²) in [6, 6.07) is 24.4. The molecule has 0 spiro atoms. The number of nitrogens with zero attached hydrogens (tertiary/aromatic N) is 1. The third-order valence-electron chi connectivity index (χ3n) is 4.20. The molecule has 3 aromatic carbocycles. The van der Waals surface area contributed by atoms with Crippen molar-refractivity contribution < 1.29 is 14.3 Å². The molecule has 0 amide bonds. The quantitative estimate of drug-likeness (QED) is 0.349. The minimum Gasteiger partial charge on any atom is -0.488 e. The maximum absolute atomic E-state index is 12.4. The van der Waals surface area contributed by atoms with Gasteiger partial charge in [0.1, 0.15) is 19.0 Å². The predicted octanol–water partition coefficient (Wildman–Crippen LogP) is 3.40. The Kier molecular flexibility index (Phi) is 6.84. The Bertz CT molecular complexity index is 966. The molecule has 4 N–H and O–H groups in total. The summed E-state index contributed by atoms with van der Waals surface area (Å²) in [5.41, 5.74) is 13.9. The number of esters is 1. The van der Waals surface area contributed by atoms with Crippen molar-refractivity contribution >= 4 is 11.9 Å². The van der Waals surface area contributed by atoms with Gasteiger partial charge in [0, 0.05) is 5.56 Å². The molecule has 0 aliphatic rings. The molecule has 6 heteroatoms. The number of hydrogen-bond donors (Lipinski definition) is 2. The van der Waals surface area contributed by atoms with Gasteiger partial charge in [-0.3, -0.25) is 0 Å². The maximum atomic E-state index is 12.4. The molecular weight excluding hydrogens is 366 g/mol. The van der Waals surface area contributed by atoms with Crippen LogP contribution in [0.5, 0.6) is 5.75 Å². The zero-order valence-electron chi connectivity index (χ0n) is 16.0. The average molecular weight is 389 g/mol. The van der Waals surface area contributed by atoms with Gasteiger partial charge >= 0.3 is 5.97 Å². The number of aliphatic imine (C=N–C) groups is 1. The first-order valence-corrected chi connectivity index (χ1v) is 9.18. The SMILES string of the molecule is NC(N)=NCc1ccc(C(=O)OCc2ccccc2OCc2ccccc2)cc1. The van der Waals surface area contributed by atoms with E-state index in [0.29, 0.717) is 24.5 Å². The predicted molar refractivity (Wildman–Crippen MR) is 112 cm³/mol. The molecule has 3 rings (SSSR count). The molecule has 0 radical (unpaired) electrons. The number of hydrogen-bond acceptors (Lipinski definition) is 4. The fraction of sp³-hybridized carbons (Fsp3) is 0.130. The monoisotopic (exact) mass is 389 g/mol. The second kappa shape index (κ2) is 9.94. The third-order valence-corrected chi connectivity index (χ3v) is 4.20. The lowest BCUT2D eigenvalue weighted by atomic mass is 10.1. The van der Waals surface area contributed by atoms with E-state index in [9.17, 15) is 4.79 Å². The normalized spacial score (nSPS) is 10.2. The minimum atomic E-state index is -0.406. The van der Waals surface area contributed by atoms with Crippen LogP contribution in [0.3, 0.4) is 0 Å². The summed E-state index contributed by atoms with van der Waals surface area (Å²) >= 11 is 0. The van der Waals surface area contributed by atoms with E-state index in [4.69, 9.17) is 20.9 Å². The highest BCUT2D eigenvalue weighted by Gasteiger charge is 2.10. The number of nitrogens with two attached hydrogens (primary N) is 2. The lowest BCUT2D eigenvalue weighted by Gasteiger charge is -2.12. The molecule has 6 nitrogen and oxygen atoms in total. The Morgan fingerprint density at radius 1 is 0.793 bits per heavy atom. The Balaban J connectivity index is 1.58. The molecule has 0 aromatic heterocycles. The van der Waals surface area contributed by atoms with Crippen molar-refractivity contribution in [1.29, 1.82) is 0 Å². The second-order valence-electron chi connectivity index (χ2n) is 6.40. The van der Waals surface area contributed by atoms with Crippen molar-refractivity contribution in [3.05, 3.63) is 101 Å². The number of carbonyl (C=O) groups is 1. The summed E-state index contributed by atoms with van der Waals surface area (Å²) in [6.07, 6.45) is 0. The van der Waals surface area contributed by atoms with Gasteiger partial charge in [0.2, 0.25) is 0 Å². The summed E-state index contributed by atoms with van der Waals surface area (Å²) in [4.78, 5) is 16.3. The molecule has 0 atom stereocenters. The van der Waals surface area contributed by atoms with Crippen molar-refractivity contribution in [3.8, 4) is 5.75 Å². The first-order valence-electron chi connectivity index (χ1n) is 9.18. The second-order valence-corrected chi connectivity index (χ2v) is 6.40. The van der Waals surface area contributed by atoms with Gasteiger partial charge in [0.25, 0.3) is 0 Å². The number of guanidine groups is 1. The topological polar surface area (TPSA) is 99.9 Å². The van der Waals surface area contributed by atoms with Crippen molar-refractivity contribution in [1.82, 2.24) is 0 Å². The van der Waals surface area contributed by atoms with E-state index >= 15 is 0 Å². The van der Waals surface area contributed by atoms with Gasteiger partial charge in [-0.2, -0.15) is 0 Å². The molecule has 148 valence electrons. The average Bonchev–Trinajstić information content (AvgIpc) is 2.76. The highest BCUT2D eigenvalue weighted by atomic mass is 16.5. The van der Waals surface area contributed by atoms with Gasteiger partial charge in [-0.1, -0.05) is 60.7 Å². The van der Waals surface area contributed by atoms with Crippen LogP contribution in [0, 0.1) is 0 Å². The largest absolute Gasteiger partial charge is 0.488 e. The van der Waals surface area contributed by atoms with Gasteiger partial charge in [0.15, 0.2) is 5.96 Å². The number of ether oxygens (including phenoxy) is 2. The highest BCUT2D eigenvalue weighted by Crippen LogP contribution is 2.21. The van der Waals surface area contributed by atoms with Crippen molar-refractivity contribution in [2.24, 2.45) is 16.5 Å². The Hall–Kier alpha value is -3.80. The van der Waals surface area contributed by atoms with E-state index in [0.717, 1.165) is 16.7 Å². The summed E-state index contributed by atoms with van der Waals surface area (Å²) in [5, 5.41) is 0. The fourth-order valence-electron chi connectivity index (χ4n) is 2.65. The number of rotatable bonds is 8. The first kappa shape index (κ1) is 19.9. The summed E-state index contributed by atoms with van der Waals surface area (Å²) in [5.74, 6) is 0.314. The molecule has 0 heterocycles. The van der Waals surface area contributed by atoms with Crippen molar-refractivity contribution in [3.63, 3.8) is 0 Å². The lowest BCUT2D eigenvalue weighted by molar-refractivity contribution is 0.0469. The smallest absolute Gasteiger partial charge is 0.338 e. The fourth-order valence-corrected chi connectivity index (χ4v) is 2.65. The van der Waals surface area contributed by atoms with Gasteiger partial charge in [-0.25, -0.2) is 9.79 Å². The van der Waals surface area contributed by atoms with Crippen LogP contribution >= 0.6 is 0 Å². The van der Waals surface area contributed by atoms with E-state index in [1.165, 1.54) is 0 Å². The van der Waals surface area contributed by atoms with Gasteiger partial charge in [0.05, 0.1) is 12.1 Å². The molecule has 0 unspecified atom stereocenters. The molecule has 0 saturated heterocycles. The standard InChI is InChI=1S/C23H23N3O3/c24-23(25)26-14-17-10-12-19(13-11-17)22(27)29-16-20-8-4-5-9-21(20)28-15-18-6-2-1-3-7-18/h1-13H,14-16H2,(H4,24,25,26). The Labute approximate surface area is 169 Å². The molecule has 0 aliphatic carbocycles. The van der Waals surface area contributed by atoms with E-state index < -0.39 is 5.97 Å². The summed E-state index contributed by atoms with van der Waals surface area (Å²) < 4.78 is 11.4. The van der Waals surface area contributed by atoms with E-state index in [-0.39, 0.29) is 12.6 Å². The van der Waals surface area contributed by atoms with Gasteiger partial charge < -0.3 is 20.9 Å². The molecular formula is C23H23N3O3. The van der Waals surface area contributed by atoms with Gasteiger partial charge in [-0.05, 0) is 29.3 Å². The molecule has 0 bridgehead atoms. The first-order chi connectivity index (χ1) is 14.1. The zero-order valence-corrected chi connectivity index (χ0v) is 16.0. The number of benzene rings is 3.